The summed E-state index contributed by atoms with van der Waals surface area (Å²) in [4.78, 5) is 0. The Bertz CT molecular complexity index is 367. The first-order chi connectivity index (χ1) is 7.65. The fraction of sp³-hybridized carbons (Fsp3) is 0.538. The van der Waals surface area contributed by atoms with Crippen LogP contribution in [0.25, 0.3) is 0 Å². The first kappa shape index (κ1) is 12.1. The van der Waals surface area contributed by atoms with Crippen molar-refractivity contribution in [3.63, 3.8) is 0 Å². The van der Waals surface area contributed by atoms with Crippen LogP contribution in [0.5, 0.6) is 0 Å². The van der Waals surface area contributed by atoms with E-state index in [1.54, 1.807) is 0 Å². The summed E-state index contributed by atoms with van der Waals surface area (Å²) in [6, 6.07) is 6.50. The van der Waals surface area contributed by atoms with Crippen LogP contribution >= 0.6 is 15.9 Å². The molecule has 2 atom stereocenters. The van der Waals surface area contributed by atoms with E-state index in [1.807, 2.05) is 0 Å². The molecule has 2 rings (SSSR count). The lowest BCUT2D eigenvalue weighted by Crippen LogP contribution is -2.44. The molecule has 0 bridgehead atoms. The Labute approximate surface area is 106 Å². The van der Waals surface area contributed by atoms with Gasteiger partial charge in [0.15, 0.2) is 0 Å². The van der Waals surface area contributed by atoms with Crippen LogP contribution < -0.4 is 5.32 Å². The summed E-state index contributed by atoms with van der Waals surface area (Å²) in [7, 11) is 0. The second kappa shape index (κ2) is 5.30. The topological polar surface area (TPSA) is 21.3 Å². The van der Waals surface area contributed by atoms with Gasteiger partial charge >= 0.3 is 0 Å². The third kappa shape index (κ3) is 3.06. The molecule has 3 heteroatoms. The number of benzene rings is 1. The highest BCUT2D eigenvalue weighted by molar-refractivity contribution is 9.10. The predicted molar refractivity (Wildman–Crippen MR) is 69.8 cm³/mol. The number of halogens is 1. The number of hydrogen-bond donors (Lipinski definition) is 1. The molecule has 0 amide bonds. The minimum absolute atomic E-state index is 0.294. The maximum Gasteiger partial charge on any atom is 0.0744 e. The molecule has 0 spiro atoms. The molecule has 88 valence electrons. The van der Waals surface area contributed by atoms with Gasteiger partial charge in [0, 0.05) is 24.0 Å². The number of aryl methyl sites for hydroxylation is 1. The van der Waals surface area contributed by atoms with E-state index in [0.717, 1.165) is 19.5 Å². The standard InChI is InChI=1S/C13H18BrNO/c1-9-3-4-11(13(14)5-9)6-12-8-15-7-10(2)16-12/h3-5,10,12,15H,6-8H2,1-2H3. The first-order valence-corrected chi connectivity index (χ1v) is 6.55. The SMILES string of the molecule is Cc1ccc(CC2CNCC(C)O2)c(Br)c1. The van der Waals surface area contributed by atoms with E-state index in [9.17, 15) is 0 Å². The summed E-state index contributed by atoms with van der Waals surface area (Å²) < 4.78 is 7.08. The van der Waals surface area contributed by atoms with Crippen LogP contribution in [0, 0.1) is 6.92 Å². The molecule has 0 radical (unpaired) electrons. The molecule has 1 fully saturated rings. The molecule has 1 heterocycles. The molecule has 1 N–H and O–H groups in total. The molecule has 2 nitrogen and oxygen atoms in total. The first-order valence-electron chi connectivity index (χ1n) is 5.76. The smallest absolute Gasteiger partial charge is 0.0744 e. The lowest BCUT2D eigenvalue weighted by Gasteiger charge is -2.29. The second-order valence-electron chi connectivity index (χ2n) is 4.53. The van der Waals surface area contributed by atoms with Crippen LogP contribution in [-0.2, 0) is 11.2 Å². The van der Waals surface area contributed by atoms with E-state index in [-0.39, 0.29) is 0 Å². The van der Waals surface area contributed by atoms with Crippen LogP contribution in [0.4, 0.5) is 0 Å². The molecule has 1 aliphatic heterocycles. The monoisotopic (exact) mass is 283 g/mol. The van der Waals surface area contributed by atoms with Gasteiger partial charge in [-0.25, -0.2) is 0 Å². The summed E-state index contributed by atoms with van der Waals surface area (Å²) in [5, 5.41) is 3.40. The fourth-order valence-corrected chi connectivity index (χ4v) is 2.71. The Hall–Kier alpha value is -0.380. The summed E-state index contributed by atoms with van der Waals surface area (Å²) in [5.41, 5.74) is 2.61. The molecule has 1 saturated heterocycles. The third-order valence-electron chi connectivity index (χ3n) is 2.88. The van der Waals surface area contributed by atoms with E-state index in [1.165, 1.54) is 15.6 Å². The van der Waals surface area contributed by atoms with Crippen molar-refractivity contribution >= 4 is 15.9 Å². The second-order valence-corrected chi connectivity index (χ2v) is 5.38. The molecule has 1 aromatic rings. The van der Waals surface area contributed by atoms with Crippen molar-refractivity contribution in [3.8, 4) is 0 Å². The number of nitrogens with one attached hydrogen (secondary N) is 1. The maximum atomic E-state index is 5.89. The lowest BCUT2D eigenvalue weighted by molar-refractivity contribution is -0.0263. The van der Waals surface area contributed by atoms with Gasteiger partial charge in [0.05, 0.1) is 12.2 Å². The molecule has 0 aliphatic carbocycles. The Morgan fingerprint density at radius 1 is 1.44 bits per heavy atom. The van der Waals surface area contributed by atoms with Crippen molar-refractivity contribution in [3.05, 3.63) is 33.8 Å². The van der Waals surface area contributed by atoms with Gasteiger partial charge in [-0.3, -0.25) is 0 Å². The van der Waals surface area contributed by atoms with Crippen molar-refractivity contribution in [1.29, 1.82) is 0 Å². The third-order valence-corrected chi connectivity index (χ3v) is 3.62. The van der Waals surface area contributed by atoms with Crippen molar-refractivity contribution < 1.29 is 4.74 Å². The highest BCUT2D eigenvalue weighted by atomic mass is 79.9. The Morgan fingerprint density at radius 2 is 2.25 bits per heavy atom. The molecule has 0 aromatic heterocycles. The number of ether oxygens (including phenoxy) is 1. The lowest BCUT2D eigenvalue weighted by atomic mass is 10.1. The zero-order valence-corrected chi connectivity index (χ0v) is 11.4. The van der Waals surface area contributed by atoms with Gasteiger partial charge < -0.3 is 10.1 Å². The van der Waals surface area contributed by atoms with Crippen LogP contribution in [0.1, 0.15) is 18.1 Å². The zero-order chi connectivity index (χ0) is 11.5. The molecule has 2 unspecified atom stereocenters. The van der Waals surface area contributed by atoms with Gasteiger partial charge in [-0.15, -0.1) is 0 Å². The Morgan fingerprint density at radius 3 is 2.94 bits per heavy atom. The van der Waals surface area contributed by atoms with Crippen molar-refractivity contribution in [1.82, 2.24) is 5.32 Å². The van der Waals surface area contributed by atoms with Crippen LogP contribution in [0.2, 0.25) is 0 Å². The summed E-state index contributed by atoms with van der Waals surface area (Å²) in [6.45, 7) is 6.13. The van der Waals surface area contributed by atoms with Gasteiger partial charge in [-0.1, -0.05) is 28.1 Å². The van der Waals surface area contributed by atoms with Crippen LogP contribution in [0.3, 0.4) is 0 Å². The van der Waals surface area contributed by atoms with Gasteiger partial charge in [0.1, 0.15) is 0 Å². The molecule has 0 saturated carbocycles. The highest BCUT2D eigenvalue weighted by Gasteiger charge is 2.19. The predicted octanol–water partition coefficient (Wildman–Crippen LogP) is 2.68. The van der Waals surface area contributed by atoms with Gasteiger partial charge in [0.25, 0.3) is 0 Å². The molecule has 1 aromatic carbocycles. The highest BCUT2D eigenvalue weighted by Crippen LogP contribution is 2.21. The summed E-state index contributed by atoms with van der Waals surface area (Å²) in [6.07, 6.45) is 1.59. The number of morpholine rings is 1. The molecular formula is C13H18BrNO. The summed E-state index contributed by atoms with van der Waals surface area (Å²) >= 11 is 3.61. The van der Waals surface area contributed by atoms with E-state index >= 15 is 0 Å². The maximum absolute atomic E-state index is 5.89. The van der Waals surface area contributed by atoms with Crippen LogP contribution in [-0.4, -0.2) is 25.3 Å². The van der Waals surface area contributed by atoms with Gasteiger partial charge in [-0.2, -0.15) is 0 Å². The zero-order valence-electron chi connectivity index (χ0n) is 9.79. The fourth-order valence-electron chi connectivity index (χ4n) is 2.06. The average molecular weight is 284 g/mol. The molecule has 1 aliphatic rings. The van der Waals surface area contributed by atoms with Crippen LogP contribution in [0.15, 0.2) is 22.7 Å². The van der Waals surface area contributed by atoms with Crippen molar-refractivity contribution in [2.45, 2.75) is 32.5 Å². The largest absolute Gasteiger partial charge is 0.372 e. The van der Waals surface area contributed by atoms with E-state index in [2.05, 4.69) is 53.3 Å². The minimum Gasteiger partial charge on any atom is -0.372 e. The Kier molecular flexibility index (Phi) is 4.00. The number of hydrogen-bond acceptors (Lipinski definition) is 2. The molecule has 16 heavy (non-hydrogen) atoms. The van der Waals surface area contributed by atoms with Gasteiger partial charge in [0.2, 0.25) is 0 Å². The van der Waals surface area contributed by atoms with E-state index in [0.29, 0.717) is 12.2 Å². The minimum atomic E-state index is 0.294. The van der Waals surface area contributed by atoms with Crippen molar-refractivity contribution in [2.24, 2.45) is 0 Å². The summed E-state index contributed by atoms with van der Waals surface area (Å²) in [5.74, 6) is 0. The van der Waals surface area contributed by atoms with E-state index in [4.69, 9.17) is 4.74 Å². The number of rotatable bonds is 2. The normalized spacial score (nSPS) is 25.7. The van der Waals surface area contributed by atoms with Crippen molar-refractivity contribution in [2.75, 3.05) is 13.1 Å². The average Bonchev–Trinajstić information content (AvgIpc) is 2.22. The Balaban J connectivity index is 2.02. The molecular weight excluding hydrogens is 266 g/mol. The van der Waals surface area contributed by atoms with Gasteiger partial charge in [-0.05, 0) is 31.0 Å². The quantitative estimate of drug-likeness (QED) is 0.901. The van der Waals surface area contributed by atoms with E-state index < -0.39 is 0 Å².